The summed E-state index contributed by atoms with van der Waals surface area (Å²) in [6.45, 7) is 7.71. The Kier molecular flexibility index (Phi) is 21.3. The van der Waals surface area contributed by atoms with Crippen molar-refractivity contribution in [2.75, 3.05) is 98.7 Å². The van der Waals surface area contributed by atoms with Crippen molar-refractivity contribution < 1.29 is 64.6 Å². The number of amides is 7. The van der Waals surface area contributed by atoms with Crippen LogP contribution in [0.3, 0.4) is 0 Å². The van der Waals surface area contributed by atoms with E-state index in [0.29, 0.717) is 93.5 Å². The first-order valence-electron chi connectivity index (χ1n) is 28.7. The summed E-state index contributed by atoms with van der Waals surface area (Å²) < 4.78 is 92.4. The molecule has 4 heterocycles. The number of likely N-dealkylation sites (tertiary alicyclic amines) is 1. The first-order chi connectivity index (χ1) is 38.7. The van der Waals surface area contributed by atoms with Gasteiger partial charge in [0.05, 0.1) is 19.8 Å². The van der Waals surface area contributed by atoms with Gasteiger partial charge >= 0.3 is 6.18 Å². The highest BCUT2D eigenvalue weighted by Gasteiger charge is 2.75. The maximum atomic E-state index is 15.2. The third-order valence-corrected chi connectivity index (χ3v) is 17.2. The van der Waals surface area contributed by atoms with E-state index in [2.05, 4.69) is 15.5 Å². The van der Waals surface area contributed by atoms with Crippen LogP contribution in [0.2, 0.25) is 5.02 Å². The molecular formula is C58H80ClF6N9O8. The van der Waals surface area contributed by atoms with E-state index in [4.69, 9.17) is 16.3 Å². The van der Waals surface area contributed by atoms with Crippen molar-refractivity contribution in [3.8, 4) is 11.1 Å². The van der Waals surface area contributed by atoms with Crippen molar-refractivity contribution in [3.63, 3.8) is 0 Å². The zero-order chi connectivity index (χ0) is 59.8. The van der Waals surface area contributed by atoms with Gasteiger partial charge in [0.15, 0.2) is 5.41 Å². The van der Waals surface area contributed by atoms with Crippen LogP contribution in [-0.2, 0) is 44.7 Å². The number of carbonyl (C=O) groups is 7. The normalized spacial score (nSPS) is 24.9. The van der Waals surface area contributed by atoms with E-state index in [1.807, 2.05) is 56.1 Å². The summed E-state index contributed by atoms with van der Waals surface area (Å²) in [7, 11) is 6.42. The molecule has 1 aliphatic carbocycles. The number of carbonyl (C=O) groups excluding carboxylic acids is 7. The Morgan fingerprint density at radius 1 is 0.866 bits per heavy atom. The molecule has 0 aromatic heterocycles. The number of rotatable bonds is 14. The summed E-state index contributed by atoms with van der Waals surface area (Å²) in [4.78, 5) is 112. The van der Waals surface area contributed by atoms with Crippen molar-refractivity contribution in [2.45, 2.75) is 146 Å². The van der Waals surface area contributed by atoms with E-state index in [-0.39, 0.29) is 49.8 Å². The van der Waals surface area contributed by atoms with Gasteiger partial charge in [-0.3, -0.25) is 33.6 Å². The van der Waals surface area contributed by atoms with E-state index in [1.165, 1.54) is 19.0 Å². The predicted molar refractivity (Wildman–Crippen MR) is 296 cm³/mol. The number of alkyl halides is 6. The Hall–Kier alpha value is -5.68. The van der Waals surface area contributed by atoms with E-state index in [1.54, 1.807) is 29.0 Å². The zero-order valence-electron chi connectivity index (χ0n) is 47.9. The molecule has 0 bridgehead atoms. The van der Waals surface area contributed by atoms with Crippen LogP contribution >= 0.6 is 11.6 Å². The van der Waals surface area contributed by atoms with Gasteiger partial charge in [0.1, 0.15) is 36.4 Å². The van der Waals surface area contributed by atoms with Gasteiger partial charge in [-0.25, -0.2) is 13.2 Å². The number of piperazine rings is 1. The predicted octanol–water partition coefficient (Wildman–Crippen LogP) is 6.34. The molecule has 2 aromatic carbocycles. The summed E-state index contributed by atoms with van der Waals surface area (Å²) >= 11 is 6.66. The number of nitrogens with one attached hydrogen (secondary N) is 2. The van der Waals surface area contributed by atoms with Crippen LogP contribution in [0.25, 0.3) is 11.1 Å². The standard InChI is InChI=1S/C58H80ClF6N9O8/c1-37(2)30-45-53(79)71(6)48(32-39-31-40(59)15-18-43(39)38-13-16-42(17-14-38)72-26-28-82-29-27-72)54(80)69(4)21-11-9-7-8-10-12-46(50(76)67-45)70(5)52(78)44(19-20-49(75)73-24-22-68(3)23-25-73)66-51(77)47-33-41(60)34-74(47)55(81)56(58(63,64)65)35-57(61,62)36-56/h13-18,31,37,41,44-48H,7-12,19-30,32-36H2,1-6H3,(H,66,77)(H,67,76)/t41-,44+,45-,46+,47+,48+/m1/s1. The van der Waals surface area contributed by atoms with Gasteiger partial charge in [-0.15, -0.1) is 0 Å². The van der Waals surface area contributed by atoms with Crippen LogP contribution in [0.15, 0.2) is 42.5 Å². The SMILES string of the molecule is CC(C)C[C@H]1NC(=O)[C@@H](N(C)C(=O)[C@H](CCC(=O)N2CCN(C)CC2)NC(=O)[C@@H]2C[C@@H](F)CN2C(=O)C2(C(F)(F)F)CC(F)(F)C2)CCCCCCCN(C)C(=O)[C@H](Cc2cc(Cl)ccc2-c2ccc(N3CCOCC3)cc2)N(C)C1=O. The number of anilines is 1. The van der Waals surface area contributed by atoms with Gasteiger partial charge in [-0.1, -0.05) is 69.3 Å². The Bertz CT molecular complexity index is 2590. The Labute approximate surface area is 481 Å². The van der Waals surface area contributed by atoms with Crippen LogP contribution in [0.1, 0.15) is 96.5 Å². The van der Waals surface area contributed by atoms with Gasteiger partial charge in [0, 0.05) is 110 Å². The van der Waals surface area contributed by atoms with Crippen LogP contribution in [0.5, 0.6) is 0 Å². The fourth-order valence-corrected chi connectivity index (χ4v) is 12.2. The molecule has 0 radical (unpaired) electrons. The molecule has 5 aliphatic rings. The van der Waals surface area contributed by atoms with Crippen LogP contribution in [-0.4, -0.2) is 213 Å². The second kappa shape index (κ2) is 27.4. The molecule has 7 rings (SSSR count). The maximum Gasteiger partial charge on any atom is 0.403 e. The summed E-state index contributed by atoms with van der Waals surface area (Å²) in [5.74, 6) is -10.1. The molecule has 7 amide bonds. The monoisotopic (exact) mass is 1180 g/mol. The lowest BCUT2D eigenvalue weighted by Crippen LogP contribution is -2.65. The molecule has 5 fully saturated rings. The summed E-state index contributed by atoms with van der Waals surface area (Å²) in [5.41, 5.74) is -0.153. The van der Waals surface area contributed by atoms with Gasteiger partial charge < -0.3 is 49.7 Å². The highest BCUT2D eigenvalue weighted by Crippen LogP contribution is 2.61. The number of halogens is 7. The number of likely N-dealkylation sites (N-methyl/N-ethyl adjacent to an activating group) is 4. The number of ether oxygens (including phenoxy) is 1. The molecular weight excluding hydrogens is 1100 g/mol. The van der Waals surface area contributed by atoms with Crippen LogP contribution in [0, 0.1) is 11.3 Å². The minimum Gasteiger partial charge on any atom is -0.378 e. The first-order valence-corrected chi connectivity index (χ1v) is 29.0. The number of benzene rings is 2. The smallest absolute Gasteiger partial charge is 0.378 e. The molecule has 82 heavy (non-hydrogen) atoms. The highest BCUT2D eigenvalue weighted by atomic mass is 35.5. The van der Waals surface area contributed by atoms with Gasteiger partial charge in [-0.05, 0) is 79.6 Å². The van der Waals surface area contributed by atoms with E-state index < -0.39 is 109 Å². The van der Waals surface area contributed by atoms with E-state index >= 15 is 14.0 Å². The number of morpholine rings is 1. The van der Waals surface area contributed by atoms with Gasteiger partial charge in [-0.2, -0.15) is 13.2 Å². The average molecular weight is 1180 g/mol. The molecule has 1 saturated carbocycles. The Morgan fingerprint density at radius 2 is 1.51 bits per heavy atom. The Morgan fingerprint density at radius 3 is 2.15 bits per heavy atom. The lowest BCUT2D eigenvalue weighted by atomic mass is 9.64. The topological polar surface area (TPSA) is 175 Å². The molecule has 0 spiro atoms. The van der Waals surface area contributed by atoms with Gasteiger partial charge in [0.2, 0.25) is 41.4 Å². The molecule has 17 nitrogen and oxygen atoms in total. The fraction of sp³-hybridized carbons (Fsp3) is 0.672. The quantitative estimate of drug-likeness (QED) is 0.203. The molecule has 2 N–H and O–H groups in total. The third kappa shape index (κ3) is 15.4. The van der Waals surface area contributed by atoms with E-state index in [0.717, 1.165) is 34.8 Å². The summed E-state index contributed by atoms with van der Waals surface area (Å²) in [6, 6.07) is 6.28. The zero-order valence-corrected chi connectivity index (χ0v) is 48.6. The van der Waals surface area contributed by atoms with E-state index in [9.17, 15) is 45.9 Å². The lowest BCUT2D eigenvalue weighted by molar-refractivity contribution is -0.299. The van der Waals surface area contributed by atoms with Crippen molar-refractivity contribution >= 4 is 58.6 Å². The molecule has 454 valence electrons. The van der Waals surface area contributed by atoms with Crippen molar-refractivity contribution in [2.24, 2.45) is 11.3 Å². The van der Waals surface area contributed by atoms with Gasteiger partial charge in [0.25, 0.3) is 5.92 Å². The molecule has 0 unspecified atom stereocenters. The highest BCUT2D eigenvalue weighted by molar-refractivity contribution is 6.30. The minimum atomic E-state index is -5.46. The molecule has 2 aromatic rings. The Balaban J connectivity index is 1.16. The molecule has 4 saturated heterocycles. The second-order valence-corrected chi connectivity index (χ2v) is 23.9. The molecule has 24 heteroatoms. The van der Waals surface area contributed by atoms with Crippen LogP contribution < -0.4 is 15.5 Å². The van der Waals surface area contributed by atoms with Crippen LogP contribution in [0.4, 0.5) is 32.0 Å². The second-order valence-electron chi connectivity index (χ2n) is 23.5. The largest absolute Gasteiger partial charge is 0.403 e. The third-order valence-electron chi connectivity index (χ3n) is 16.9. The fourth-order valence-electron chi connectivity index (χ4n) is 12.0. The average Bonchev–Trinajstić information content (AvgIpc) is 2.86. The minimum absolute atomic E-state index is 0.0526. The first kappa shape index (κ1) is 63.9. The lowest BCUT2D eigenvalue weighted by Gasteiger charge is -2.48. The molecule has 6 atom stereocenters. The van der Waals surface area contributed by atoms with Crippen molar-refractivity contribution in [1.82, 2.24) is 40.0 Å². The number of nitrogens with zero attached hydrogens (tertiary/aromatic N) is 7. The summed E-state index contributed by atoms with van der Waals surface area (Å²) in [6.07, 6.45) is -9.49. The maximum absolute atomic E-state index is 15.2. The number of hydrogen-bond donors (Lipinski definition) is 2. The van der Waals surface area contributed by atoms with Crippen molar-refractivity contribution in [3.05, 3.63) is 53.1 Å². The summed E-state index contributed by atoms with van der Waals surface area (Å²) in [5, 5.41) is 5.81. The number of hydrogen-bond acceptors (Lipinski definition) is 10. The molecule has 4 aliphatic heterocycles. The van der Waals surface area contributed by atoms with Crippen molar-refractivity contribution in [1.29, 1.82) is 0 Å².